The molecule has 3 nitrogen and oxygen atoms in total. The Bertz CT molecular complexity index is 951. The third kappa shape index (κ3) is 5.89. The molecule has 0 bridgehead atoms. The number of carbonyl (C=O) groups excluding carboxylic acids is 1. The number of carbonyl (C=O) groups is 1. The monoisotopic (exact) mass is 421 g/mol. The Hall–Kier alpha value is -2.25. The van der Waals surface area contributed by atoms with Gasteiger partial charge in [0.05, 0.1) is 6.61 Å². The van der Waals surface area contributed by atoms with Gasteiger partial charge in [-0.15, -0.1) is 11.8 Å². The molecule has 2 aromatic rings. The maximum atomic E-state index is 11.4. The number of nitrogens with zero attached hydrogens (tertiary/aromatic N) is 1. The number of fused-ring (bicyclic) bond motifs is 1. The van der Waals surface area contributed by atoms with Gasteiger partial charge in [-0.3, -0.25) is 4.79 Å². The molecule has 0 radical (unpaired) electrons. The van der Waals surface area contributed by atoms with Crippen molar-refractivity contribution in [3.8, 4) is 11.8 Å². The highest BCUT2D eigenvalue weighted by Gasteiger charge is 2.28. The zero-order valence-electron chi connectivity index (χ0n) is 18.5. The molecule has 0 saturated carbocycles. The van der Waals surface area contributed by atoms with Gasteiger partial charge in [-0.25, -0.2) is 4.98 Å². The van der Waals surface area contributed by atoms with Crippen LogP contribution in [0.4, 0.5) is 0 Å². The summed E-state index contributed by atoms with van der Waals surface area (Å²) >= 11 is 1.96. The summed E-state index contributed by atoms with van der Waals surface area (Å²) in [4.78, 5) is 17.3. The number of benzene rings is 1. The first-order chi connectivity index (χ1) is 14.4. The van der Waals surface area contributed by atoms with Crippen molar-refractivity contribution in [2.45, 2.75) is 70.1 Å². The summed E-state index contributed by atoms with van der Waals surface area (Å²) in [5.41, 5.74) is 5.90. The van der Waals surface area contributed by atoms with Gasteiger partial charge in [-0.2, -0.15) is 0 Å². The maximum absolute atomic E-state index is 11.4. The second-order valence-corrected chi connectivity index (χ2v) is 9.60. The molecule has 0 N–H and O–H groups in total. The van der Waals surface area contributed by atoms with E-state index in [-0.39, 0.29) is 11.4 Å². The number of unbranched alkanes of at least 4 members (excludes halogenated alkanes) is 1. The Labute approximate surface area is 185 Å². The number of thioether (sulfide) groups is 1. The summed E-state index contributed by atoms with van der Waals surface area (Å²) in [6.45, 7) is 9.07. The van der Waals surface area contributed by atoms with Crippen molar-refractivity contribution in [1.82, 2.24) is 4.98 Å². The normalized spacial score (nSPS) is 14.4. The topological polar surface area (TPSA) is 39.2 Å². The molecule has 1 aromatic heterocycles. The highest BCUT2D eigenvalue weighted by atomic mass is 32.2. The van der Waals surface area contributed by atoms with E-state index in [1.807, 2.05) is 30.9 Å². The largest absolute Gasteiger partial charge is 0.466 e. The summed E-state index contributed by atoms with van der Waals surface area (Å²) in [7, 11) is 0. The number of hydrogen-bond acceptors (Lipinski definition) is 4. The number of pyridine rings is 1. The lowest BCUT2D eigenvalue weighted by atomic mass is 9.80. The van der Waals surface area contributed by atoms with Crippen molar-refractivity contribution in [3.63, 3.8) is 0 Å². The van der Waals surface area contributed by atoms with Crippen LogP contribution in [0.15, 0.2) is 35.4 Å². The van der Waals surface area contributed by atoms with Crippen molar-refractivity contribution >= 4 is 17.7 Å². The smallest absolute Gasteiger partial charge is 0.305 e. The summed E-state index contributed by atoms with van der Waals surface area (Å²) in [5, 5.41) is 0. The minimum absolute atomic E-state index is 0.110. The van der Waals surface area contributed by atoms with Crippen LogP contribution < -0.4 is 0 Å². The fourth-order valence-corrected chi connectivity index (χ4v) is 5.21. The number of rotatable bonds is 6. The van der Waals surface area contributed by atoms with Crippen molar-refractivity contribution in [1.29, 1.82) is 0 Å². The number of aromatic nitrogens is 1. The average Bonchev–Trinajstić information content (AvgIpc) is 2.71. The van der Waals surface area contributed by atoms with Crippen LogP contribution >= 0.6 is 11.8 Å². The molecule has 0 spiro atoms. The number of hydrogen-bond donors (Lipinski definition) is 0. The number of esters is 1. The van der Waals surface area contributed by atoms with E-state index < -0.39 is 0 Å². The minimum Gasteiger partial charge on any atom is -0.466 e. The number of ether oxygens (including phenoxy) is 1. The van der Waals surface area contributed by atoms with Gasteiger partial charge >= 0.3 is 5.97 Å². The molecule has 0 unspecified atom stereocenters. The summed E-state index contributed by atoms with van der Waals surface area (Å²) in [6.07, 6.45) is 6.29. The predicted octanol–water partition coefficient (Wildman–Crippen LogP) is 5.84. The van der Waals surface area contributed by atoms with Crippen LogP contribution in [-0.4, -0.2) is 23.3 Å². The molecule has 0 aliphatic carbocycles. The van der Waals surface area contributed by atoms with Gasteiger partial charge in [0.25, 0.3) is 0 Å². The molecular formula is C26H31NO2S. The van der Waals surface area contributed by atoms with Gasteiger partial charge in [-0.1, -0.05) is 25.8 Å². The standard InChI is InChI=1S/C26H31NO2S/c1-5-29-25(28)9-7-6-8-20-10-12-22(27-18-20)13-11-21-17-23-24(16-19(21)2)30-15-14-26(23,3)4/h10,12,16-18H,5-9,14-15H2,1-4H3. The van der Waals surface area contributed by atoms with E-state index in [4.69, 9.17) is 4.74 Å². The lowest BCUT2D eigenvalue weighted by Gasteiger charge is -2.32. The van der Waals surface area contributed by atoms with Crippen LogP contribution in [-0.2, 0) is 21.4 Å². The predicted molar refractivity (Wildman–Crippen MR) is 124 cm³/mol. The van der Waals surface area contributed by atoms with E-state index in [0.717, 1.165) is 30.5 Å². The first-order valence-electron chi connectivity index (χ1n) is 10.8. The van der Waals surface area contributed by atoms with E-state index in [1.165, 1.54) is 33.8 Å². The van der Waals surface area contributed by atoms with Crippen LogP contribution in [0.5, 0.6) is 0 Å². The van der Waals surface area contributed by atoms with Crippen LogP contribution in [0, 0.1) is 18.8 Å². The zero-order valence-corrected chi connectivity index (χ0v) is 19.3. The second kappa shape index (κ2) is 10.2. The lowest BCUT2D eigenvalue weighted by molar-refractivity contribution is -0.143. The van der Waals surface area contributed by atoms with Gasteiger partial charge in [0, 0.05) is 23.1 Å². The summed E-state index contributed by atoms with van der Waals surface area (Å²) < 4.78 is 4.96. The molecule has 0 amide bonds. The molecule has 1 aliphatic rings. The first-order valence-corrected chi connectivity index (χ1v) is 11.8. The van der Waals surface area contributed by atoms with Gasteiger partial charge in [-0.05, 0) is 91.5 Å². The Morgan fingerprint density at radius 1 is 1.23 bits per heavy atom. The van der Waals surface area contributed by atoms with Crippen molar-refractivity contribution in [2.75, 3.05) is 12.4 Å². The van der Waals surface area contributed by atoms with E-state index in [2.05, 4.69) is 55.8 Å². The summed E-state index contributed by atoms with van der Waals surface area (Å²) in [5.74, 6) is 7.64. The molecule has 2 heterocycles. The highest BCUT2D eigenvalue weighted by Crippen LogP contribution is 2.42. The molecule has 0 saturated heterocycles. The van der Waals surface area contributed by atoms with Crippen molar-refractivity contribution < 1.29 is 9.53 Å². The van der Waals surface area contributed by atoms with Gasteiger partial charge in [0.2, 0.25) is 0 Å². The van der Waals surface area contributed by atoms with Crippen LogP contribution in [0.2, 0.25) is 0 Å². The quantitative estimate of drug-likeness (QED) is 0.334. The molecule has 0 atom stereocenters. The van der Waals surface area contributed by atoms with Crippen LogP contribution in [0.1, 0.15) is 74.4 Å². The SMILES string of the molecule is CCOC(=O)CCCCc1ccc(C#Cc2cc3c(cc2C)SCCC3(C)C)nc1. The van der Waals surface area contributed by atoms with Crippen molar-refractivity contribution in [2.24, 2.45) is 0 Å². The Balaban J connectivity index is 1.62. The van der Waals surface area contributed by atoms with E-state index >= 15 is 0 Å². The average molecular weight is 422 g/mol. The molecule has 1 aliphatic heterocycles. The summed E-state index contributed by atoms with van der Waals surface area (Å²) in [6, 6.07) is 8.64. The third-order valence-electron chi connectivity index (χ3n) is 5.59. The van der Waals surface area contributed by atoms with Gasteiger partial charge < -0.3 is 4.74 Å². The highest BCUT2D eigenvalue weighted by molar-refractivity contribution is 7.99. The van der Waals surface area contributed by atoms with Gasteiger partial charge in [0.15, 0.2) is 0 Å². The van der Waals surface area contributed by atoms with E-state index in [9.17, 15) is 4.79 Å². The first kappa shape index (κ1) is 22.4. The number of aryl methyl sites for hydroxylation is 2. The zero-order chi connectivity index (χ0) is 21.6. The van der Waals surface area contributed by atoms with Crippen molar-refractivity contribution in [3.05, 3.63) is 58.4 Å². The fourth-order valence-electron chi connectivity index (χ4n) is 3.62. The molecule has 0 fully saturated rings. The Morgan fingerprint density at radius 2 is 2.07 bits per heavy atom. The van der Waals surface area contributed by atoms with Crippen LogP contribution in [0.3, 0.4) is 0 Å². The fraction of sp³-hybridized carbons (Fsp3) is 0.462. The van der Waals surface area contributed by atoms with E-state index in [0.29, 0.717) is 13.0 Å². The second-order valence-electron chi connectivity index (χ2n) is 8.46. The molecule has 4 heteroatoms. The molecule has 30 heavy (non-hydrogen) atoms. The molecule has 158 valence electrons. The minimum atomic E-state index is -0.110. The van der Waals surface area contributed by atoms with Gasteiger partial charge in [0.1, 0.15) is 5.69 Å². The van der Waals surface area contributed by atoms with Crippen LogP contribution in [0.25, 0.3) is 0 Å². The maximum Gasteiger partial charge on any atom is 0.305 e. The molecular weight excluding hydrogens is 390 g/mol. The Morgan fingerprint density at radius 3 is 2.80 bits per heavy atom. The third-order valence-corrected chi connectivity index (χ3v) is 6.65. The molecule has 3 rings (SSSR count). The Kier molecular flexibility index (Phi) is 7.61. The molecule has 1 aromatic carbocycles. The van der Waals surface area contributed by atoms with E-state index in [1.54, 1.807) is 0 Å². The lowest BCUT2D eigenvalue weighted by Crippen LogP contribution is -2.23.